The molecule has 2 N–H and O–H groups in total. The fourth-order valence-electron chi connectivity index (χ4n) is 5.21. The van der Waals surface area contributed by atoms with Gasteiger partial charge in [-0.25, -0.2) is 8.78 Å². The van der Waals surface area contributed by atoms with Gasteiger partial charge in [0.1, 0.15) is 11.6 Å². The Morgan fingerprint density at radius 1 is 0.973 bits per heavy atom. The molecule has 4 nitrogen and oxygen atoms in total. The molecule has 1 heterocycles. The zero-order valence-corrected chi connectivity index (χ0v) is 21.3. The van der Waals surface area contributed by atoms with Crippen LogP contribution in [0.5, 0.6) is 0 Å². The summed E-state index contributed by atoms with van der Waals surface area (Å²) in [6.07, 6.45) is 2.96. The lowest BCUT2D eigenvalue weighted by atomic mass is 9.71. The number of ketones is 1. The number of rotatable bonds is 5. The second-order valence-electron chi connectivity index (χ2n) is 9.28. The van der Waals surface area contributed by atoms with Crippen molar-refractivity contribution >= 4 is 29.1 Å². The molecule has 3 aromatic carbocycles. The standard InChI is InChI=1S/C30H26F2N2O2S/c1-17-27(30(36)34-24-13-10-21(31)16-23(24)32)28(19-8-11-22(37-2)12-9-19)29-25(33-17)14-20(15-26(29)35)18-6-4-3-5-7-18/h3-13,16,20,28,33H,14-15H2,1-2H3,(H,34,36)/t20-,28-/m0/s1. The molecule has 0 fully saturated rings. The highest BCUT2D eigenvalue weighted by molar-refractivity contribution is 7.98. The molecular formula is C30H26F2N2O2S. The third-order valence-electron chi connectivity index (χ3n) is 6.97. The minimum Gasteiger partial charge on any atom is -0.362 e. The van der Waals surface area contributed by atoms with Gasteiger partial charge in [-0.2, -0.15) is 0 Å². The lowest BCUT2D eigenvalue weighted by Crippen LogP contribution is -2.37. The molecule has 0 unspecified atom stereocenters. The quantitative estimate of drug-likeness (QED) is 0.371. The van der Waals surface area contributed by atoms with E-state index >= 15 is 0 Å². The zero-order chi connectivity index (χ0) is 26.1. The van der Waals surface area contributed by atoms with Crippen LogP contribution in [-0.4, -0.2) is 17.9 Å². The summed E-state index contributed by atoms with van der Waals surface area (Å²) in [5.41, 5.74) is 4.10. The van der Waals surface area contributed by atoms with Crippen molar-refractivity contribution in [3.63, 3.8) is 0 Å². The number of halogens is 2. The van der Waals surface area contributed by atoms with Crippen molar-refractivity contribution in [2.45, 2.75) is 36.5 Å². The summed E-state index contributed by atoms with van der Waals surface area (Å²) in [4.78, 5) is 28.3. The van der Waals surface area contributed by atoms with Crippen LogP contribution in [-0.2, 0) is 9.59 Å². The van der Waals surface area contributed by atoms with Crippen LogP contribution >= 0.6 is 11.8 Å². The van der Waals surface area contributed by atoms with Gasteiger partial charge in [0.2, 0.25) is 0 Å². The third kappa shape index (κ3) is 4.96. The second kappa shape index (κ2) is 10.3. The first kappa shape index (κ1) is 25.0. The van der Waals surface area contributed by atoms with Crippen LogP contribution < -0.4 is 10.6 Å². The number of thioether (sulfide) groups is 1. The summed E-state index contributed by atoms with van der Waals surface area (Å²) in [6, 6.07) is 20.8. The number of dihydropyridines is 1. The molecule has 1 aliphatic heterocycles. The number of carbonyl (C=O) groups is 2. The van der Waals surface area contributed by atoms with Gasteiger partial charge >= 0.3 is 0 Å². The van der Waals surface area contributed by atoms with E-state index in [0.29, 0.717) is 29.7 Å². The molecule has 2 aliphatic rings. The minimum absolute atomic E-state index is 0.0210. The first-order valence-electron chi connectivity index (χ1n) is 12.0. The van der Waals surface area contributed by atoms with Crippen molar-refractivity contribution < 1.29 is 18.4 Å². The molecule has 5 rings (SSSR count). The second-order valence-corrected chi connectivity index (χ2v) is 10.2. The largest absolute Gasteiger partial charge is 0.362 e. The van der Waals surface area contributed by atoms with Gasteiger partial charge in [0.05, 0.1) is 5.69 Å². The normalized spacial score (nSPS) is 19.4. The summed E-state index contributed by atoms with van der Waals surface area (Å²) in [5, 5.41) is 5.92. The van der Waals surface area contributed by atoms with Gasteiger partial charge in [0, 0.05) is 45.8 Å². The Morgan fingerprint density at radius 3 is 2.38 bits per heavy atom. The molecule has 2 atom stereocenters. The van der Waals surface area contributed by atoms with E-state index in [1.165, 1.54) is 6.07 Å². The number of hydrogen-bond donors (Lipinski definition) is 2. The number of benzene rings is 3. The summed E-state index contributed by atoms with van der Waals surface area (Å²) in [7, 11) is 0. The smallest absolute Gasteiger partial charge is 0.254 e. The van der Waals surface area contributed by atoms with Gasteiger partial charge in [-0.3, -0.25) is 9.59 Å². The van der Waals surface area contributed by atoms with Crippen LogP contribution in [0.15, 0.2) is 100 Å². The number of anilines is 1. The van der Waals surface area contributed by atoms with Gasteiger partial charge in [0.25, 0.3) is 5.91 Å². The molecule has 7 heteroatoms. The van der Waals surface area contributed by atoms with Crippen LogP contribution in [0.1, 0.15) is 42.7 Å². The van der Waals surface area contributed by atoms with Crippen LogP contribution in [0.4, 0.5) is 14.5 Å². The molecule has 1 aliphatic carbocycles. The number of nitrogens with one attached hydrogen (secondary N) is 2. The van der Waals surface area contributed by atoms with Gasteiger partial charge in [-0.1, -0.05) is 42.5 Å². The number of allylic oxidation sites excluding steroid dienone is 3. The molecule has 3 aromatic rings. The maximum absolute atomic E-state index is 14.4. The van der Waals surface area contributed by atoms with Crippen LogP contribution in [0.25, 0.3) is 0 Å². The van der Waals surface area contributed by atoms with Crippen molar-refractivity contribution in [3.8, 4) is 0 Å². The van der Waals surface area contributed by atoms with Crippen molar-refractivity contribution in [1.29, 1.82) is 0 Å². The van der Waals surface area contributed by atoms with Crippen molar-refractivity contribution in [3.05, 3.63) is 118 Å². The van der Waals surface area contributed by atoms with E-state index in [1.807, 2.05) is 60.9 Å². The Labute approximate surface area is 218 Å². The predicted octanol–water partition coefficient (Wildman–Crippen LogP) is 6.69. The predicted molar refractivity (Wildman–Crippen MR) is 142 cm³/mol. The maximum Gasteiger partial charge on any atom is 0.254 e. The average molecular weight is 517 g/mol. The molecule has 0 saturated carbocycles. The van der Waals surface area contributed by atoms with Crippen LogP contribution in [0, 0.1) is 11.6 Å². The molecule has 0 bridgehead atoms. The maximum atomic E-state index is 14.4. The Hall–Kier alpha value is -3.71. The van der Waals surface area contributed by atoms with E-state index in [1.54, 1.807) is 18.7 Å². The monoisotopic (exact) mass is 516 g/mol. The average Bonchev–Trinajstić information content (AvgIpc) is 2.90. The Morgan fingerprint density at radius 2 is 1.70 bits per heavy atom. The Bertz CT molecular complexity index is 1430. The third-order valence-corrected chi connectivity index (χ3v) is 7.72. The van der Waals surface area contributed by atoms with E-state index in [2.05, 4.69) is 10.6 Å². The SMILES string of the molecule is CSc1ccc([C@H]2C(C(=O)Nc3ccc(F)cc3F)=C(C)NC3=C2C(=O)C[C@@H](c2ccccc2)C3)cc1. The molecule has 0 radical (unpaired) electrons. The summed E-state index contributed by atoms with van der Waals surface area (Å²) in [5.74, 6) is -2.73. The Kier molecular flexibility index (Phi) is 6.98. The van der Waals surface area contributed by atoms with E-state index < -0.39 is 23.5 Å². The molecule has 0 aromatic heterocycles. The van der Waals surface area contributed by atoms with Gasteiger partial charge < -0.3 is 10.6 Å². The topological polar surface area (TPSA) is 58.2 Å². The lowest BCUT2D eigenvalue weighted by molar-refractivity contribution is -0.116. The number of carbonyl (C=O) groups excluding carboxylic acids is 2. The summed E-state index contributed by atoms with van der Waals surface area (Å²) in [6.45, 7) is 1.79. The molecule has 188 valence electrons. The molecule has 1 amide bonds. The minimum atomic E-state index is -0.865. The van der Waals surface area contributed by atoms with Crippen LogP contribution in [0.3, 0.4) is 0 Å². The highest BCUT2D eigenvalue weighted by Gasteiger charge is 2.41. The fraction of sp³-hybridized carbons (Fsp3) is 0.200. The van der Waals surface area contributed by atoms with Gasteiger partial charge in [-0.15, -0.1) is 11.8 Å². The lowest BCUT2D eigenvalue weighted by Gasteiger charge is -2.37. The highest BCUT2D eigenvalue weighted by atomic mass is 32.2. The molecular weight excluding hydrogens is 490 g/mol. The number of Topliss-reactive ketones (excluding diaryl/α,β-unsaturated/α-hetero) is 1. The molecule has 0 saturated heterocycles. The van der Waals surface area contributed by atoms with Crippen molar-refractivity contribution in [2.24, 2.45) is 0 Å². The summed E-state index contributed by atoms with van der Waals surface area (Å²) >= 11 is 1.60. The van der Waals surface area contributed by atoms with E-state index in [9.17, 15) is 18.4 Å². The van der Waals surface area contributed by atoms with E-state index in [0.717, 1.165) is 33.9 Å². The van der Waals surface area contributed by atoms with Gasteiger partial charge in [-0.05, 0) is 60.9 Å². The van der Waals surface area contributed by atoms with Crippen molar-refractivity contribution in [2.75, 3.05) is 11.6 Å². The van der Waals surface area contributed by atoms with Crippen LogP contribution in [0.2, 0.25) is 0 Å². The van der Waals surface area contributed by atoms with Gasteiger partial charge in [0.15, 0.2) is 5.78 Å². The van der Waals surface area contributed by atoms with E-state index in [4.69, 9.17) is 0 Å². The fourth-order valence-corrected chi connectivity index (χ4v) is 5.62. The number of hydrogen-bond acceptors (Lipinski definition) is 4. The molecule has 37 heavy (non-hydrogen) atoms. The first-order chi connectivity index (χ1) is 17.9. The number of amides is 1. The van der Waals surface area contributed by atoms with E-state index in [-0.39, 0.29) is 17.4 Å². The highest BCUT2D eigenvalue weighted by Crippen LogP contribution is 2.46. The molecule has 0 spiro atoms. The van der Waals surface area contributed by atoms with Crippen molar-refractivity contribution in [1.82, 2.24) is 5.32 Å². The zero-order valence-electron chi connectivity index (χ0n) is 20.5. The Balaban J connectivity index is 1.56. The summed E-state index contributed by atoms with van der Waals surface area (Å²) < 4.78 is 27.8. The first-order valence-corrected chi connectivity index (χ1v) is 13.3.